The van der Waals surface area contributed by atoms with Crippen molar-refractivity contribution in [3.05, 3.63) is 65.5 Å². The van der Waals surface area contributed by atoms with E-state index in [1.54, 1.807) is 24.3 Å². The number of halogens is 1. The van der Waals surface area contributed by atoms with Crippen LogP contribution in [0.3, 0.4) is 0 Å². The zero-order valence-electron chi connectivity index (χ0n) is 17.7. The van der Waals surface area contributed by atoms with Crippen LogP contribution in [0.25, 0.3) is 0 Å². The van der Waals surface area contributed by atoms with Crippen LogP contribution < -0.4 is 4.74 Å². The van der Waals surface area contributed by atoms with Crippen molar-refractivity contribution >= 4 is 5.78 Å². The van der Waals surface area contributed by atoms with Crippen molar-refractivity contribution in [2.45, 2.75) is 18.3 Å². The molecule has 0 aromatic heterocycles. The number of ether oxygens (including phenoxy) is 2. The van der Waals surface area contributed by atoms with Gasteiger partial charge in [-0.3, -0.25) is 14.6 Å². The molecule has 2 aliphatic rings. The van der Waals surface area contributed by atoms with Crippen LogP contribution in [-0.4, -0.2) is 84.9 Å². The maximum atomic E-state index is 13.1. The number of carbonyl (C=O) groups excluding carboxylic acids is 1. The molecular formula is C24H26FN3O4. The van der Waals surface area contributed by atoms with Gasteiger partial charge in [-0.1, -0.05) is 0 Å². The van der Waals surface area contributed by atoms with Gasteiger partial charge in [-0.2, -0.15) is 5.26 Å². The van der Waals surface area contributed by atoms with E-state index in [1.165, 1.54) is 24.3 Å². The summed E-state index contributed by atoms with van der Waals surface area (Å²) in [6.07, 6.45) is -0.717. The van der Waals surface area contributed by atoms with Crippen LogP contribution in [0.2, 0.25) is 0 Å². The maximum absolute atomic E-state index is 13.1. The molecule has 0 aliphatic carbocycles. The second-order valence-corrected chi connectivity index (χ2v) is 8.32. The zero-order valence-corrected chi connectivity index (χ0v) is 17.7. The van der Waals surface area contributed by atoms with Gasteiger partial charge in [0, 0.05) is 38.3 Å². The fraction of sp³-hybridized carbons (Fsp3) is 0.417. The molecule has 4 rings (SSSR count). The zero-order chi connectivity index (χ0) is 22.5. The monoisotopic (exact) mass is 439 g/mol. The molecule has 2 aromatic rings. The van der Waals surface area contributed by atoms with E-state index in [-0.39, 0.29) is 37.0 Å². The molecular weight excluding hydrogens is 413 g/mol. The van der Waals surface area contributed by atoms with E-state index in [4.69, 9.17) is 14.7 Å². The third-order valence-corrected chi connectivity index (χ3v) is 5.66. The number of nitriles is 1. The Kier molecular flexibility index (Phi) is 7.12. The molecule has 8 heteroatoms. The smallest absolute Gasteiger partial charge is 0.176 e. The predicted octanol–water partition coefficient (Wildman–Crippen LogP) is 1.70. The molecule has 32 heavy (non-hydrogen) atoms. The summed E-state index contributed by atoms with van der Waals surface area (Å²) in [5.74, 6) is 0.229. The first-order chi connectivity index (χ1) is 15.5. The molecule has 1 N–H and O–H groups in total. The molecule has 0 saturated carbocycles. The molecule has 2 aliphatic heterocycles. The largest absolute Gasteiger partial charge is 0.491 e. The number of aliphatic hydroxyl groups excluding tert-OH is 1. The minimum absolute atomic E-state index is 0.0304. The highest BCUT2D eigenvalue weighted by molar-refractivity contribution is 5.97. The van der Waals surface area contributed by atoms with Crippen molar-refractivity contribution in [2.75, 3.05) is 45.9 Å². The number of Topliss-reactive ketones (excluding diaryl/α,β-unsaturated/α-hetero) is 1. The van der Waals surface area contributed by atoms with Crippen LogP contribution >= 0.6 is 0 Å². The fourth-order valence-corrected chi connectivity index (χ4v) is 4.24. The summed E-state index contributed by atoms with van der Waals surface area (Å²) in [4.78, 5) is 16.8. The van der Waals surface area contributed by atoms with E-state index in [1.807, 2.05) is 0 Å². The van der Waals surface area contributed by atoms with Crippen LogP contribution in [0.5, 0.6) is 5.75 Å². The van der Waals surface area contributed by atoms with E-state index in [9.17, 15) is 14.3 Å². The first-order valence-electron chi connectivity index (χ1n) is 10.7. The third-order valence-electron chi connectivity index (χ3n) is 5.66. The summed E-state index contributed by atoms with van der Waals surface area (Å²) >= 11 is 0. The van der Waals surface area contributed by atoms with Gasteiger partial charge in [0.15, 0.2) is 5.78 Å². The topological polar surface area (TPSA) is 86.0 Å². The number of nitrogens with zero attached hydrogens (tertiary/aromatic N) is 3. The molecule has 0 amide bonds. The van der Waals surface area contributed by atoms with Crippen molar-refractivity contribution in [1.82, 2.24) is 9.80 Å². The van der Waals surface area contributed by atoms with E-state index >= 15 is 0 Å². The quantitative estimate of drug-likeness (QED) is 0.627. The highest BCUT2D eigenvalue weighted by Gasteiger charge is 2.36. The normalized spacial score (nSPS) is 22.2. The first kappa shape index (κ1) is 22.4. The summed E-state index contributed by atoms with van der Waals surface area (Å²) in [6.45, 7) is 3.54. The summed E-state index contributed by atoms with van der Waals surface area (Å²) < 4.78 is 24.7. The minimum atomic E-state index is -0.652. The molecule has 2 heterocycles. The summed E-state index contributed by atoms with van der Waals surface area (Å²) in [5, 5.41) is 19.2. The average molecular weight is 439 g/mol. The Bertz CT molecular complexity index is 947. The fourth-order valence-electron chi connectivity index (χ4n) is 4.24. The number of benzene rings is 2. The Labute approximate surface area is 186 Å². The van der Waals surface area contributed by atoms with Crippen molar-refractivity contribution in [1.29, 1.82) is 5.26 Å². The number of fused-ring (bicyclic) bond motifs is 2. The van der Waals surface area contributed by atoms with E-state index in [2.05, 4.69) is 15.9 Å². The highest BCUT2D eigenvalue weighted by atomic mass is 19.1. The van der Waals surface area contributed by atoms with Crippen LogP contribution in [0.1, 0.15) is 15.9 Å². The predicted molar refractivity (Wildman–Crippen MR) is 115 cm³/mol. The number of hydrogen-bond donors (Lipinski definition) is 1. The molecule has 2 fully saturated rings. The van der Waals surface area contributed by atoms with Crippen molar-refractivity contribution < 1.29 is 23.8 Å². The van der Waals surface area contributed by atoms with Gasteiger partial charge in [0.05, 0.1) is 30.4 Å². The summed E-state index contributed by atoms with van der Waals surface area (Å²) in [6, 6.07) is 14.5. The Morgan fingerprint density at radius 3 is 2.34 bits per heavy atom. The van der Waals surface area contributed by atoms with Gasteiger partial charge < -0.3 is 14.6 Å². The lowest BCUT2D eigenvalue weighted by Crippen LogP contribution is -2.61. The lowest BCUT2D eigenvalue weighted by atomic mass is 10.1. The van der Waals surface area contributed by atoms with Crippen molar-refractivity contribution in [3.8, 4) is 11.8 Å². The van der Waals surface area contributed by atoms with Crippen molar-refractivity contribution in [2.24, 2.45) is 0 Å². The number of aliphatic hydroxyl groups is 1. The number of carbonyl (C=O) groups is 1. The van der Waals surface area contributed by atoms with Gasteiger partial charge in [-0.25, -0.2) is 4.39 Å². The van der Waals surface area contributed by atoms with Gasteiger partial charge in [0.2, 0.25) is 0 Å². The number of rotatable bonds is 8. The van der Waals surface area contributed by atoms with Crippen LogP contribution in [0, 0.1) is 17.1 Å². The molecule has 2 bridgehead atoms. The number of β-amino-alcohol motifs (C(OH)–C–C–N with tert-alkyl or cyclic N) is 1. The van der Waals surface area contributed by atoms with Crippen LogP contribution in [0.4, 0.5) is 4.39 Å². The molecule has 3 atom stereocenters. The van der Waals surface area contributed by atoms with Crippen LogP contribution in [0.15, 0.2) is 48.5 Å². The summed E-state index contributed by atoms with van der Waals surface area (Å²) in [5.41, 5.74) is 1.07. The lowest BCUT2D eigenvalue weighted by Gasteiger charge is -2.46. The van der Waals surface area contributed by atoms with E-state index in [0.29, 0.717) is 49.6 Å². The van der Waals surface area contributed by atoms with Gasteiger partial charge in [0.1, 0.15) is 24.3 Å². The Balaban J connectivity index is 1.22. The molecule has 2 aromatic carbocycles. The summed E-state index contributed by atoms with van der Waals surface area (Å²) in [7, 11) is 0. The minimum Gasteiger partial charge on any atom is -0.491 e. The van der Waals surface area contributed by atoms with E-state index in [0.717, 1.165) is 0 Å². The average Bonchev–Trinajstić information content (AvgIpc) is 2.78. The third kappa shape index (κ3) is 5.90. The second kappa shape index (κ2) is 10.2. The Morgan fingerprint density at radius 2 is 1.72 bits per heavy atom. The van der Waals surface area contributed by atoms with Gasteiger partial charge in [0.25, 0.3) is 0 Å². The number of morpholine rings is 2. The molecule has 0 spiro atoms. The maximum Gasteiger partial charge on any atom is 0.176 e. The molecule has 0 radical (unpaired) electrons. The van der Waals surface area contributed by atoms with Crippen molar-refractivity contribution in [3.63, 3.8) is 0 Å². The molecule has 7 nitrogen and oxygen atoms in total. The number of hydrogen-bond acceptors (Lipinski definition) is 7. The van der Waals surface area contributed by atoms with Crippen LogP contribution in [-0.2, 0) is 4.74 Å². The standard InChI is InChI=1S/C24H26FN3O4/c25-19-5-3-18(4-6-19)24(30)15-28-13-22-11-27(12-23(14-28)32-22)10-20(29)16-31-21-7-1-17(9-26)2-8-21/h1-8,20,22-23,29H,10-16H2. The Morgan fingerprint density at radius 1 is 1.09 bits per heavy atom. The number of ketones is 1. The van der Waals surface area contributed by atoms with E-state index < -0.39 is 6.10 Å². The highest BCUT2D eigenvalue weighted by Crippen LogP contribution is 2.20. The molecule has 3 unspecified atom stereocenters. The van der Waals surface area contributed by atoms with Gasteiger partial charge >= 0.3 is 0 Å². The SMILES string of the molecule is N#Cc1ccc(OCC(O)CN2CC3CN(CC(=O)c4ccc(F)cc4)CC(C2)O3)cc1. The first-order valence-corrected chi connectivity index (χ1v) is 10.7. The van der Waals surface area contributed by atoms with Gasteiger partial charge in [-0.15, -0.1) is 0 Å². The van der Waals surface area contributed by atoms with Gasteiger partial charge in [-0.05, 0) is 48.5 Å². The lowest BCUT2D eigenvalue weighted by molar-refractivity contribution is -0.141. The second-order valence-electron chi connectivity index (χ2n) is 8.32. The molecule has 2 saturated heterocycles. The Hall–Kier alpha value is -2.83. The molecule has 168 valence electrons.